The second-order valence-corrected chi connectivity index (χ2v) is 18.8. The molecule has 0 N–H and O–H groups in total. The van der Waals surface area contributed by atoms with Gasteiger partial charge < -0.3 is 28.7 Å². The van der Waals surface area contributed by atoms with Crippen LogP contribution in [-0.4, -0.2) is 96.7 Å². The van der Waals surface area contributed by atoms with Gasteiger partial charge in [-0.2, -0.15) is 50.5 Å². The molecular weight excluding hydrogens is 989 g/mol. The molecule has 0 saturated carbocycles. The van der Waals surface area contributed by atoms with Gasteiger partial charge in [0.05, 0.1) is 35.6 Å². The first-order valence-electron chi connectivity index (χ1n) is 20.9. The van der Waals surface area contributed by atoms with Crippen molar-refractivity contribution in [2.45, 2.75) is 51.1 Å². The summed E-state index contributed by atoms with van der Waals surface area (Å²) in [6.07, 6.45) is -1.48. The first-order chi connectivity index (χ1) is 30.0. The van der Waals surface area contributed by atoms with Crippen molar-refractivity contribution < 1.29 is 28.5 Å². The Hall–Kier alpha value is -2.50. The third-order valence-electron chi connectivity index (χ3n) is 12.5. The number of ether oxygens (including phenoxy) is 4. The molecule has 2 heterocycles. The summed E-state index contributed by atoms with van der Waals surface area (Å²) in [6, 6.07) is 25.1. The number of hydrogen-bond acceptors (Lipinski definition) is 10. The van der Waals surface area contributed by atoms with Crippen molar-refractivity contribution in [3.05, 3.63) is 126 Å². The summed E-state index contributed by atoms with van der Waals surface area (Å²) in [6.45, 7) is 9.21. The van der Waals surface area contributed by atoms with Gasteiger partial charge in [0.1, 0.15) is 0 Å². The molecule has 8 nitrogen and oxygen atoms in total. The standard InChI is InChI=1S/C48H50Br2N2O6S4/c1-5-55-39(56-6-2)21-51-43(27-9-13-31-33-15-11-29(49)19-37(33)47(23-59,24-60)35(31)17-27)41-42(45(51)53)44(52(46(41)54)22-40(57-7-3)58-8-4)28-10-14-32-34-16-12-30(50)20-38(34)48(25-61,26-62)36(32)18-28/h9-20,39-40,59-62H,5-8,21-26H2,1-4H3. The van der Waals surface area contributed by atoms with Crippen molar-refractivity contribution in [3.8, 4) is 22.3 Å². The van der Waals surface area contributed by atoms with Crippen molar-refractivity contribution in [2.75, 3.05) is 62.5 Å². The highest BCUT2D eigenvalue weighted by Gasteiger charge is 2.51. The maximum Gasteiger partial charge on any atom is 0.261 e. The smallest absolute Gasteiger partial charge is 0.261 e. The molecule has 2 aliphatic heterocycles. The number of fused-ring (bicyclic) bond motifs is 7. The highest BCUT2D eigenvalue weighted by Crippen LogP contribution is 2.55. The van der Waals surface area contributed by atoms with Gasteiger partial charge in [0.2, 0.25) is 0 Å². The molecular formula is C48H50Br2N2O6S4. The van der Waals surface area contributed by atoms with E-state index in [1.165, 1.54) is 0 Å². The van der Waals surface area contributed by atoms with Crippen molar-refractivity contribution >= 4 is 106 Å². The molecule has 0 saturated heterocycles. The molecule has 326 valence electrons. The lowest BCUT2D eigenvalue weighted by Gasteiger charge is -2.31. The number of hydrogen-bond donors (Lipinski definition) is 4. The molecule has 0 atom stereocenters. The molecule has 2 aliphatic carbocycles. The van der Waals surface area contributed by atoms with Crippen LogP contribution in [0.2, 0.25) is 0 Å². The van der Waals surface area contributed by atoms with Gasteiger partial charge >= 0.3 is 0 Å². The van der Waals surface area contributed by atoms with E-state index >= 15 is 9.59 Å². The number of nitrogens with zero attached hydrogens (tertiary/aromatic N) is 2. The predicted octanol–water partition coefficient (Wildman–Crippen LogP) is 10.1. The molecule has 0 unspecified atom stereocenters. The SMILES string of the molecule is CCOC(CN1C(=O)C2=C(c3ccc4c(c3)C(CS)(CS)c3cc(Br)ccc3-4)N(CC(OCC)OCC)C(=O)C2=C1c1ccc2c(c1)C(CS)(CS)c1cc(Br)ccc1-2)OCC. The summed E-state index contributed by atoms with van der Waals surface area (Å²) in [5.74, 6) is 1.36. The quantitative estimate of drug-likeness (QED) is 0.0588. The van der Waals surface area contributed by atoms with Gasteiger partial charge in [-0.1, -0.05) is 68.3 Å². The predicted molar refractivity (Wildman–Crippen MR) is 267 cm³/mol. The number of benzene rings is 4. The first-order valence-corrected chi connectivity index (χ1v) is 25.1. The number of amides is 2. The van der Waals surface area contributed by atoms with Gasteiger partial charge in [0.15, 0.2) is 12.6 Å². The maximum atomic E-state index is 15.5. The Labute approximate surface area is 403 Å². The normalized spacial score (nSPS) is 16.9. The van der Waals surface area contributed by atoms with Crippen LogP contribution in [-0.2, 0) is 39.4 Å². The lowest BCUT2D eigenvalue weighted by molar-refractivity contribution is -0.151. The van der Waals surface area contributed by atoms with Gasteiger partial charge in [-0.15, -0.1) is 0 Å². The summed E-state index contributed by atoms with van der Waals surface area (Å²) >= 11 is 27.1. The molecule has 4 aromatic carbocycles. The highest BCUT2D eigenvalue weighted by molar-refractivity contribution is 9.10. The molecule has 4 aliphatic rings. The Morgan fingerprint density at radius 2 is 0.806 bits per heavy atom. The Morgan fingerprint density at radius 3 is 1.11 bits per heavy atom. The monoisotopic (exact) mass is 1040 g/mol. The van der Waals surface area contributed by atoms with Gasteiger partial charge in [-0.25, -0.2) is 0 Å². The summed E-state index contributed by atoms with van der Waals surface area (Å²) in [4.78, 5) is 34.4. The van der Waals surface area contributed by atoms with Crippen LogP contribution >= 0.6 is 82.4 Å². The van der Waals surface area contributed by atoms with E-state index < -0.39 is 23.4 Å². The van der Waals surface area contributed by atoms with Crippen molar-refractivity contribution in [1.82, 2.24) is 9.80 Å². The molecule has 0 spiro atoms. The van der Waals surface area contributed by atoms with Gasteiger partial charge in [0, 0.05) is 69.2 Å². The van der Waals surface area contributed by atoms with E-state index in [0.29, 0.717) is 83.1 Å². The molecule has 8 rings (SSSR count). The van der Waals surface area contributed by atoms with E-state index in [2.05, 4.69) is 80.4 Å². The van der Waals surface area contributed by atoms with E-state index in [9.17, 15) is 0 Å². The summed E-state index contributed by atoms with van der Waals surface area (Å²) in [7, 11) is 0. The summed E-state index contributed by atoms with van der Waals surface area (Å²) in [5.41, 5.74) is 10.7. The zero-order valence-electron chi connectivity index (χ0n) is 35.0. The third kappa shape index (κ3) is 7.40. The fourth-order valence-corrected chi connectivity index (χ4v) is 12.6. The van der Waals surface area contributed by atoms with Crippen LogP contribution in [0.4, 0.5) is 0 Å². The lowest BCUT2D eigenvalue weighted by atomic mass is 9.81. The first kappa shape index (κ1) is 46.0. The van der Waals surface area contributed by atoms with E-state index in [1.54, 1.807) is 9.80 Å². The molecule has 0 aromatic heterocycles. The van der Waals surface area contributed by atoms with Crippen LogP contribution in [0.3, 0.4) is 0 Å². The van der Waals surface area contributed by atoms with Crippen LogP contribution < -0.4 is 0 Å². The van der Waals surface area contributed by atoms with Crippen molar-refractivity contribution in [3.63, 3.8) is 0 Å². The molecule has 2 amide bonds. The van der Waals surface area contributed by atoms with Gasteiger partial charge in [-0.05, 0) is 120 Å². The lowest BCUT2D eigenvalue weighted by Crippen LogP contribution is -2.39. The molecule has 0 radical (unpaired) electrons. The Morgan fingerprint density at radius 1 is 0.500 bits per heavy atom. The molecule has 4 aromatic rings. The number of rotatable bonds is 18. The average molecular weight is 1040 g/mol. The van der Waals surface area contributed by atoms with E-state index in [1.807, 2.05) is 52.0 Å². The number of halogens is 2. The van der Waals surface area contributed by atoms with Gasteiger partial charge in [0.25, 0.3) is 11.8 Å². The van der Waals surface area contributed by atoms with Crippen LogP contribution in [0.15, 0.2) is 92.9 Å². The fourth-order valence-electron chi connectivity index (χ4n) is 9.70. The highest BCUT2D eigenvalue weighted by atomic mass is 79.9. The number of thiol groups is 4. The fraction of sp³-hybridized carbons (Fsp3) is 0.375. The third-order valence-corrected chi connectivity index (χ3v) is 15.7. The second-order valence-electron chi connectivity index (χ2n) is 15.7. The summed E-state index contributed by atoms with van der Waals surface area (Å²) < 4.78 is 26.2. The topological polar surface area (TPSA) is 77.5 Å². The Balaban J connectivity index is 1.39. The number of carbonyl (C=O) groups excluding carboxylic acids is 2. The van der Waals surface area contributed by atoms with Gasteiger partial charge in [-0.3, -0.25) is 9.59 Å². The van der Waals surface area contributed by atoms with Crippen molar-refractivity contribution in [2.24, 2.45) is 0 Å². The zero-order chi connectivity index (χ0) is 44.1. The number of carbonyl (C=O) groups is 2. The van der Waals surface area contributed by atoms with Crippen LogP contribution in [0.25, 0.3) is 33.6 Å². The van der Waals surface area contributed by atoms with E-state index in [0.717, 1.165) is 53.5 Å². The van der Waals surface area contributed by atoms with Crippen LogP contribution in [0, 0.1) is 0 Å². The average Bonchev–Trinajstić information content (AvgIpc) is 3.91. The second kappa shape index (κ2) is 18.8. The zero-order valence-corrected chi connectivity index (χ0v) is 41.8. The van der Waals surface area contributed by atoms with E-state index in [4.69, 9.17) is 69.5 Å². The largest absolute Gasteiger partial charge is 0.351 e. The van der Waals surface area contributed by atoms with Crippen LogP contribution in [0.5, 0.6) is 0 Å². The Bertz CT molecular complexity index is 2320. The maximum absolute atomic E-state index is 15.5. The summed E-state index contributed by atoms with van der Waals surface area (Å²) in [5, 5.41) is 0. The molecule has 14 heteroatoms. The van der Waals surface area contributed by atoms with E-state index in [-0.39, 0.29) is 24.9 Å². The minimum absolute atomic E-state index is 0.0647. The Kier molecular flexibility index (Phi) is 13.9. The minimum atomic E-state index is -0.742. The van der Waals surface area contributed by atoms with Crippen molar-refractivity contribution in [1.29, 1.82) is 0 Å². The molecule has 0 fully saturated rings. The van der Waals surface area contributed by atoms with Crippen LogP contribution in [0.1, 0.15) is 61.1 Å². The molecule has 62 heavy (non-hydrogen) atoms. The minimum Gasteiger partial charge on any atom is -0.351 e. The molecule has 0 bridgehead atoms.